The van der Waals surface area contributed by atoms with Gasteiger partial charge in [-0.25, -0.2) is 4.39 Å². The molecule has 0 aliphatic rings. The minimum atomic E-state index is -0.353. The molecule has 0 spiro atoms. The summed E-state index contributed by atoms with van der Waals surface area (Å²) in [5, 5.41) is 0.296. The van der Waals surface area contributed by atoms with E-state index in [4.69, 9.17) is 24.2 Å². The maximum Gasteiger partial charge on any atom is 0.124 e. The summed E-state index contributed by atoms with van der Waals surface area (Å²) in [6, 6.07) is 3.95. The molecule has 1 aromatic carbocycles. The molecule has 0 fully saturated rings. The average Bonchev–Trinajstić information content (AvgIpc) is 1.80. The molecule has 0 nitrogen and oxygen atoms in total. The lowest BCUT2D eigenvalue weighted by molar-refractivity contribution is 0.626. The lowest BCUT2D eigenvalue weighted by Crippen LogP contribution is -1.75. The minimum Gasteiger partial charge on any atom is -0.778 e. The van der Waals surface area contributed by atoms with Gasteiger partial charge in [-0.05, 0) is 12.1 Å². The summed E-state index contributed by atoms with van der Waals surface area (Å²) >= 11 is 10.2. The summed E-state index contributed by atoms with van der Waals surface area (Å²) in [6.45, 7) is 0. The van der Waals surface area contributed by atoms with Crippen molar-refractivity contribution in [2.24, 2.45) is 0 Å². The van der Waals surface area contributed by atoms with Crippen LogP contribution in [0.25, 0.3) is 0 Å². The molecule has 0 aliphatic carbocycles. The van der Waals surface area contributed by atoms with Gasteiger partial charge in [-0.15, -0.1) is 0 Å². The van der Waals surface area contributed by atoms with Crippen molar-refractivity contribution >= 4 is 24.2 Å². The summed E-state index contributed by atoms with van der Waals surface area (Å²) < 4.78 is 12.2. The topological polar surface area (TPSA) is 0 Å². The molecule has 0 bridgehead atoms. The van der Waals surface area contributed by atoms with E-state index in [2.05, 4.69) is 0 Å². The first-order valence-electron chi connectivity index (χ1n) is 2.32. The Bertz CT molecular complexity index is 224. The highest BCUT2D eigenvalue weighted by Crippen LogP contribution is 2.15. The zero-order valence-electron chi connectivity index (χ0n) is 4.40. The fourth-order valence-electron chi connectivity index (χ4n) is 0.475. The van der Waals surface area contributed by atoms with E-state index in [9.17, 15) is 4.39 Å². The molecular weight excluding hydrogens is 159 g/mol. The monoisotopic (exact) mass is 161 g/mol. The van der Waals surface area contributed by atoms with E-state index >= 15 is 0 Å². The van der Waals surface area contributed by atoms with Gasteiger partial charge < -0.3 is 12.6 Å². The predicted molar refractivity (Wildman–Crippen MR) is 37.0 cm³/mol. The fraction of sp³-hybridized carbons (Fsp3) is 0. The van der Waals surface area contributed by atoms with E-state index in [1.165, 1.54) is 18.2 Å². The van der Waals surface area contributed by atoms with Crippen molar-refractivity contribution in [1.82, 2.24) is 0 Å². The molecule has 0 saturated carbocycles. The molecule has 0 amide bonds. The Kier molecular flexibility index (Phi) is 1.88. The van der Waals surface area contributed by atoms with Crippen molar-refractivity contribution in [2.75, 3.05) is 0 Å². The van der Waals surface area contributed by atoms with Crippen LogP contribution < -0.4 is 0 Å². The molecule has 0 atom stereocenters. The zero-order chi connectivity index (χ0) is 6.85. The Hall–Kier alpha value is -0.340. The average molecular weight is 162 g/mol. The third-order valence-electron chi connectivity index (χ3n) is 0.894. The summed E-state index contributed by atoms with van der Waals surface area (Å²) in [7, 11) is 0. The maximum absolute atomic E-state index is 12.2. The molecule has 0 unspecified atom stereocenters. The first-order chi connectivity index (χ1) is 4.20. The van der Waals surface area contributed by atoms with Gasteiger partial charge in [0.2, 0.25) is 0 Å². The van der Waals surface area contributed by atoms with Crippen LogP contribution in [0.15, 0.2) is 23.1 Å². The van der Waals surface area contributed by atoms with E-state index in [0.717, 1.165) is 0 Å². The summed E-state index contributed by atoms with van der Waals surface area (Å²) in [5.41, 5.74) is 0. The third-order valence-corrected chi connectivity index (χ3v) is 1.67. The molecule has 0 N–H and O–H groups in total. The van der Waals surface area contributed by atoms with Crippen LogP contribution in [-0.4, -0.2) is 0 Å². The van der Waals surface area contributed by atoms with Crippen molar-refractivity contribution < 1.29 is 4.39 Å². The number of hydrogen-bond acceptors (Lipinski definition) is 1. The molecular formula is C6H3ClFS-. The molecule has 0 aromatic heterocycles. The standard InChI is InChI=1S/C6H4ClFS/c7-5-3-4(8)1-2-6(5)9/h1-3,9H/p-1. The van der Waals surface area contributed by atoms with Crippen molar-refractivity contribution in [3.8, 4) is 0 Å². The first-order valence-corrected chi connectivity index (χ1v) is 3.11. The summed E-state index contributed by atoms with van der Waals surface area (Å²) in [6.07, 6.45) is 0. The Morgan fingerprint density at radius 2 is 2.11 bits per heavy atom. The van der Waals surface area contributed by atoms with Crippen LogP contribution in [0.2, 0.25) is 5.02 Å². The molecule has 0 saturated heterocycles. The quantitative estimate of drug-likeness (QED) is 0.527. The molecule has 1 aromatic rings. The summed E-state index contributed by atoms with van der Waals surface area (Å²) in [5.74, 6) is -0.353. The Balaban J connectivity index is 3.17. The smallest absolute Gasteiger partial charge is 0.124 e. The van der Waals surface area contributed by atoms with Gasteiger partial charge in [0.05, 0.1) is 0 Å². The largest absolute Gasteiger partial charge is 0.778 e. The number of rotatable bonds is 0. The van der Waals surface area contributed by atoms with Crippen molar-refractivity contribution in [3.63, 3.8) is 0 Å². The van der Waals surface area contributed by atoms with Crippen molar-refractivity contribution in [2.45, 2.75) is 4.90 Å². The Morgan fingerprint density at radius 3 is 2.56 bits per heavy atom. The van der Waals surface area contributed by atoms with E-state index < -0.39 is 0 Å². The molecule has 3 heteroatoms. The maximum atomic E-state index is 12.2. The second-order valence-corrected chi connectivity index (χ2v) is 2.42. The van der Waals surface area contributed by atoms with Crippen LogP contribution in [0, 0.1) is 5.82 Å². The third kappa shape index (κ3) is 1.53. The second-order valence-electron chi connectivity index (χ2n) is 1.57. The van der Waals surface area contributed by atoms with Gasteiger partial charge in [-0.1, -0.05) is 17.7 Å². The van der Waals surface area contributed by atoms with Gasteiger partial charge in [0.25, 0.3) is 0 Å². The Morgan fingerprint density at radius 1 is 1.44 bits per heavy atom. The van der Waals surface area contributed by atoms with Crippen LogP contribution >= 0.6 is 11.6 Å². The van der Waals surface area contributed by atoms with Crippen LogP contribution in [0.1, 0.15) is 0 Å². The number of halogens is 2. The van der Waals surface area contributed by atoms with Gasteiger partial charge in [-0.3, -0.25) is 0 Å². The highest BCUT2D eigenvalue weighted by Gasteiger charge is 1.89. The molecule has 1 rings (SSSR count). The van der Waals surface area contributed by atoms with Crippen LogP contribution in [0.4, 0.5) is 4.39 Å². The fourth-order valence-corrected chi connectivity index (χ4v) is 0.769. The minimum absolute atomic E-state index is 0.296. The van der Waals surface area contributed by atoms with E-state index in [-0.39, 0.29) is 5.82 Å². The summed E-state index contributed by atoms with van der Waals surface area (Å²) in [4.78, 5) is 0.484. The molecule has 0 radical (unpaired) electrons. The van der Waals surface area contributed by atoms with Gasteiger partial charge in [0, 0.05) is 5.02 Å². The lowest BCUT2D eigenvalue weighted by atomic mass is 10.3. The highest BCUT2D eigenvalue weighted by atomic mass is 35.5. The normalized spacial score (nSPS) is 9.56. The van der Waals surface area contributed by atoms with Crippen molar-refractivity contribution in [3.05, 3.63) is 29.0 Å². The highest BCUT2D eigenvalue weighted by molar-refractivity contribution is 7.59. The van der Waals surface area contributed by atoms with Gasteiger partial charge in [0.1, 0.15) is 5.82 Å². The Labute approximate surface area is 63.1 Å². The zero-order valence-corrected chi connectivity index (χ0v) is 5.97. The van der Waals surface area contributed by atoms with E-state index in [1.807, 2.05) is 0 Å². The predicted octanol–water partition coefficient (Wildman–Crippen LogP) is 2.38. The van der Waals surface area contributed by atoms with Crippen LogP contribution in [-0.2, 0) is 12.6 Å². The lowest BCUT2D eigenvalue weighted by Gasteiger charge is -2.05. The first kappa shape index (κ1) is 6.78. The van der Waals surface area contributed by atoms with Crippen LogP contribution in [0.3, 0.4) is 0 Å². The second kappa shape index (κ2) is 2.50. The van der Waals surface area contributed by atoms with Crippen LogP contribution in [0.5, 0.6) is 0 Å². The van der Waals surface area contributed by atoms with Gasteiger partial charge in [0.15, 0.2) is 0 Å². The number of hydrogen-bond donors (Lipinski definition) is 0. The SMILES string of the molecule is Fc1ccc([S-])c(Cl)c1. The molecule has 0 aliphatic heterocycles. The number of benzene rings is 1. The van der Waals surface area contributed by atoms with Gasteiger partial charge in [-0.2, -0.15) is 4.90 Å². The van der Waals surface area contributed by atoms with Crippen molar-refractivity contribution in [1.29, 1.82) is 0 Å². The van der Waals surface area contributed by atoms with Gasteiger partial charge >= 0.3 is 0 Å². The molecule has 0 heterocycles. The molecule has 48 valence electrons. The van der Waals surface area contributed by atoms with E-state index in [0.29, 0.717) is 9.92 Å². The van der Waals surface area contributed by atoms with E-state index in [1.54, 1.807) is 0 Å². The molecule has 9 heavy (non-hydrogen) atoms.